The van der Waals surface area contributed by atoms with E-state index in [1.807, 2.05) is 11.8 Å². The summed E-state index contributed by atoms with van der Waals surface area (Å²) in [5, 5.41) is 3.58. The summed E-state index contributed by atoms with van der Waals surface area (Å²) in [5.74, 6) is 3.92. The van der Waals surface area contributed by atoms with Crippen LogP contribution in [0.4, 0.5) is 0 Å². The van der Waals surface area contributed by atoms with Gasteiger partial charge in [-0.15, -0.1) is 0 Å². The molecule has 1 N–H and O–H groups in total. The van der Waals surface area contributed by atoms with E-state index in [9.17, 15) is 0 Å². The zero-order chi connectivity index (χ0) is 12.3. The van der Waals surface area contributed by atoms with Crippen LogP contribution in [0.15, 0.2) is 18.2 Å². The number of thioether (sulfide) groups is 1. The molecule has 0 spiro atoms. The molecule has 2 nitrogen and oxygen atoms in total. The van der Waals surface area contributed by atoms with E-state index >= 15 is 0 Å². The molecule has 2 rings (SSSR count). The Hall–Kier alpha value is -0.670. The normalized spacial score (nSPS) is 20.6. The maximum atomic E-state index is 5.48. The van der Waals surface area contributed by atoms with Gasteiger partial charge in [0.2, 0.25) is 0 Å². The second-order valence-electron chi connectivity index (χ2n) is 4.74. The number of rotatable bonds is 3. The van der Waals surface area contributed by atoms with Crippen molar-refractivity contribution < 1.29 is 4.74 Å². The highest BCUT2D eigenvalue weighted by Crippen LogP contribution is 2.32. The zero-order valence-corrected chi connectivity index (χ0v) is 11.6. The first kappa shape index (κ1) is 12.8. The molecule has 1 saturated heterocycles. The lowest BCUT2D eigenvalue weighted by molar-refractivity contribution is 0.402. The Kier molecular flexibility index (Phi) is 4.35. The third kappa shape index (κ3) is 2.96. The second kappa shape index (κ2) is 5.78. The van der Waals surface area contributed by atoms with Crippen molar-refractivity contribution >= 4 is 11.8 Å². The van der Waals surface area contributed by atoms with Crippen LogP contribution in [-0.4, -0.2) is 25.2 Å². The second-order valence-corrected chi connectivity index (χ2v) is 5.89. The Balaban J connectivity index is 2.30. The summed E-state index contributed by atoms with van der Waals surface area (Å²) < 4.78 is 5.48. The first-order valence-corrected chi connectivity index (χ1v) is 7.36. The molecule has 1 atom stereocenters. The molecule has 0 radical (unpaired) electrons. The monoisotopic (exact) mass is 251 g/mol. The highest BCUT2D eigenvalue weighted by Gasteiger charge is 2.19. The first-order chi connectivity index (χ1) is 8.22. The molecule has 0 saturated carbocycles. The lowest BCUT2D eigenvalue weighted by atomic mass is 9.97. The van der Waals surface area contributed by atoms with Gasteiger partial charge in [0.05, 0.1) is 7.11 Å². The maximum absolute atomic E-state index is 5.48. The highest BCUT2D eigenvalue weighted by molar-refractivity contribution is 7.99. The smallest absolute Gasteiger partial charge is 0.123 e. The maximum Gasteiger partial charge on any atom is 0.123 e. The van der Waals surface area contributed by atoms with Gasteiger partial charge in [0.15, 0.2) is 0 Å². The molecule has 1 aromatic rings. The third-order valence-corrected chi connectivity index (χ3v) is 4.28. The van der Waals surface area contributed by atoms with Crippen molar-refractivity contribution in [2.24, 2.45) is 0 Å². The van der Waals surface area contributed by atoms with Crippen LogP contribution in [0.25, 0.3) is 0 Å². The van der Waals surface area contributed by atoms with Crippen LogP contribution in [-0.2, 0) is 0 Å². The van der Waals surface area contributed by atoms with Gasteiger partial charge in [-0.2, -0.15) is 11.8 Å². The topological polar surface area (TPSA) is 21.3 Å². The molecule has 1 fully saturated rings. The molecule has 1 unspecified atom stereocenters. The molecular weight excluding hydrogens is 230 g/mol. The SMILES string of the molecule is COc1ccc(C(C)C)cc1C1CSCCN1. The first-order valence-electron chi connectivity index (χ1n) is 6.21. The van der Waals surface area contributed by atoms with E-state index < -0.39 is 0 Å². The van der Waals surface area contributed by atoms with E-state index in [4.69, 9.17) is 4.74 Å². The predicted molar refractivity (Wildman–Crippen MR) is 75.2 cm³/mol. The molecule has 0 amide bonds. The fraction of sp³-hybridized carbons (Fsp3) is 0.571. The Labute approximate surface area is 108 Å². The van der Waals surface area contributed by atoms with Gasteiger partial charge in [0, 0.05) is 29.7 Å². The summed E-state index contributed by atoms with van der Waals surface area (Å²) in [6.07, 6.45) is 0. The van der Waals surface area contributed by atoms with Crippen molar-refractivity contribution in [3.05, 3.63) is 29.3 Å². The summed E-state index contributed by atoms with van der Waals surface area (Å²) in [7, 11) is 1.75. The van der Waals surface area contributed by atoms with E-state index in [2.05, 4.69) is 37.4 Å². The van der Waals surface area contributed by atoms with Gasteiger partial charge in [0.1, 0.15) is 5.75 Å². The van der Waals surface area contributed by atoms with E-state index in [1.54, 1.807) is 7.11 Å². The summed E-state index contributed by atoms with van der Waals surface area (Å²) in [5.41, 5.74) is 2.70. The third-order valence-electron chi connectivity index (χ3n) is 3.22. The van der Waals surface area contributed by atoms with Crippen LogP contribution in [0.5, 0.6) is 5.75 Å². The van der Waals surface area contributed by atoms with E-state index in [0.29, 0.717) is 12.0 Å². The Morgan fingerprint density at radius 1 is 1.41 bits per heavy atom. The van der Waals surface area contributed by atoms with Crippen LogP contribution >= 0.6 is 11.8 Å². The molecule has 1 aromatic carbocycles. The van der Waals surface area contributed by atoms with Crippen LogP contribution in [0.3, 0.4) is 0 Å². The van der Waals surface area contributed by atoms with Crippen molar-refractivity contribution in [3.63, 3.8) is 0 Å². The van der Waals surface area contributed by atoms with Gasteiger partial charge in [0.25, 0.3) is 0 Å². The lowest BCUT2D eigenvalue weighted by Crippen LogP contribution is -2.30. The summed E-state index contributed by atoms with van der Waals surface area (Å²) >= 11 is 2.01. The standard InChI is InChI=1S/C14H21NOS/c1-10(2)11-4-5-14(16-3)12(8-11)13-9-17-7-6-15-13/h4-5,8,10,13,15H,6-7,9H2,1-3H3. The molecule has 0 aliphatic carbocycles. The number of methoxy groups -OCH3 is 1. The molecule has 17 heavy (non-hydrogen) atoms. The quantitative estimate of drug-likeness (QED) is 0.891. The van der Waals surface area contributed by atoms with E-state index in [-0.39, 0.29) is 0 Å². The van der Waals surface area contributed by atoms with Crippen LogP contribution in [0.1, 0.15) is 36.9 Å². The average molecular weight is 251 g/mol. The van der Waals surface area contributed by atoms with Gasteiger partial charge < -0.3 is 10.1 Å². The van der Waals surface area contributed by atoms with Gasteiger partial charge in [-0.25, -0.2) is 0 Å². The minimum Gasteiger partial charge on any atom is -0.496 e. The minimum atomic E-state index is 0.433. The van der Waals surface area contributed by atoms with Crippen LogP contribution in [0.2, 0.25) is 0 Å². The van der Waals surface area contributed by atoms with E-state index in [1.165, 1.54) is 16.9 Å². The predicted octanol–water partition coefficient (Wildman–Crippen LogP) is 3.20. The number of hydrogen-bond acceptors (Lipinski definition) is 3. The van der Waals surface area contributed by atoms with Gasteiger partial charge in [-0.1, -0.05) is 26.0 Å². The number of benzene rings is 1. The molecule has 1 aliphatic heterocycles. The Bertz CT molecular complexity index is 372. The van der Waals surface area contributed by atoms with Crippen molar-refractivity contribution in [2.45, 2.75) is 25.8 Å². The number of ether oxygens (including phenoxy) is 1. The fourth-order valence-electron chi connectivity index (χ4n) is 2.15. The van der Waals surface area contributed by atoms with Crippen LogP contribution in [0, 0.1) is 0 Å². The molecule has 1 heterocycles. The molecular formula is C14H21NOS. The molecule has 1 aliphatic rings. The minimum absolute atomic E-state index is 0.433. The summed E-state index contributed by atoms with van der Waals surface area (Å²) in [6.45, 7) is 5.55. The summed E-state index contributed by atoms with van der Waals surface area (Å²) in [6, 6.07) is 7.00. The molecule has 3 heteroatoms. The lowest BCUT2D eigenvalue weighted by Gasteiger charge is -2.26. The Morgan fingerprint density at radius 3 is 2.82 bits per heavy atom. The largest absolute Gasteiger partial charge is 0.496 e. The van der Waals surface area contributed by atoms with Crippen LogP contribution < -0.4 is 10.1 Å². The Morgan fingerprint density at radius 2 is 2.24 bits per heavy atom. The average Bonchev–Trinajstić information content (AvgIpc) is 2.39. The van der Waals surface area contributed by atoms with Gasteiger partial charge >= 0.3 is 0 Å². The fourth-order valence-corrected chi connectivity index (χ4v) is 3.11. The molecule has 0 bridgehead atoms. The summed E-state index contributed by atoms with van der Waals surface area (Å²) in [4.78, 5) is 0. The van der Waals surface area contributed by atoms with E-state index in [0.717, 1.165) is 18.0 Å². The van der Waals surface area contributed by atoms with Crippen molar-refractivity contribution in [3.8, 4) is 5.75 Å². The van der Waals surface area contributed by atoms with Gasteiger partial charge in [-0.3, -0.25) is 0 Å². The van der Waals surface area contributed by atoms with Crippen molar-refractivity contribution in [1.82, 2.24) is 5.32 Å². The van der Waals surface area contributed by atoms with Crippen molar-refractivity contribution in [1.29, 1.82) is 0 Å². The van der Waals surface area contributed by atoms with Crippen molar-refractivity contribution in [2.75, 3.05) is 25.2 Å². The molecule has 94 valence electrons. The number of hydrogen-bond donors (Lipinski definition) is 1. The zero-order valence-electron chi connectivity index (χ0n) is 10.8. The van der Waals surface area contributed by atoms with Gasteiger partial charge in [-0.05, 0) is 17.5 Å². The highest BCUT2D eigenvalue weighted by atomic mass is 32.2. The molecule has 0 aromatic heterocycles. The number of nitrogens with one attached hydrogen (secondary N) is 1.